The predicted octanol–water partition coefficient (Wildman–Crippen LogP) is 2.69. The zero-order valence-corrected chi connectivity index (χ0v) is 10.1. The first-order chi connectivity index (χ1) is 8.77. The number of benzene rings is 2. The molecule has 0 saturated carbocycles. The average Bonchev–Trinajstić information content (AvgIpc) is 2.40. The highest BCUT2D eigenvalue weighted by molar-refractivity contribution is 6.00. The molecule has 2 rings (SSSR count). The lowest BCUT2D eigenvalue weighted by Gasteiger charge is -2.12. The minimum absolute atomic E-state index is 0.272. The van der Waals surface area contributed by atoms with Crippen molar-refractivity contribution in [3.63, 3.8) is 0 Å². The Morgan fingerprint density at radius 2 is 1.94 bits per heavy atom. The maximum Gasteiger partial charge on any atom is 0.320 e. The Morgan fingerprint density at radius 1 is 1.22 bits per heavy atom. The molecule has 2 aromatic carbocycles. The van der Waals surface area contributed by atoms with Crippen LogP contribution in [-0.2, 0) is 14.3 Å². The summed E-state index contributed by atoms with van der Waals surface area (Å²) in [4.78, 5) is 22.9. The van der Waals surface area contributed by atoms with Crippen LogP contribution in [0.4, 0.5) is 0 Å². The number of aldehydes is 1. The van der Waals surface area contributed by atoms with E-state index in [2.05, 4.69) is 0 Å². The molecule has 0 fully saturated rings. The first kappa shape index (κ1) is 12.3. The summed E-state index contributed by atoms with van der Waals surface area (Å²) in [5.74, 6) is -1.35. The molecule has 0 aliphatic carbocycles. The number of hydrogen-bond acceptors (Lipinski definition) is 3. The van der Waals surface area contributed by atoms with E-state index in [9.17, 15) is 9.59 Å². The molecule has 18 heavy (non-hydrogen) atoms. The van der Waals surface area contributed by atoms with Crippen LogP contribution in [0.15, 0.2) is 42.5 Å². The number of carbonyl (C=O) groups is 2. The fourth-order valence-corrected chi connectivity index (χ4v) is 2.01. The van der Waals surface area contributed by atoms with E-state index in [1.165, 1.54) is 0 Å². The van der Waals surface area contributed by atoms with E-state index < -0.39 is 11.9 Å². The number of rotatable bonds is 4. The number of esters is 1. The molecule has 0 saturated heterocycles. The highest BCUT2D eigenvalue weighted by Gasteiger charge is 2.22. The van der Waals surface area contributed by atoms with E-state index in [0.717, 1.165) is 10.8 Å². The molecular weight excluding hydrogens is 228 g/mol. The van der Waals surface area contributed by atoms with Crippen LogP contribution in [0.25, 0.3) is 10.8 Å². The largest absolute Gasteiger partial charge is 0.465 e. The minimum atomic E-state index is -0.851. The van der Waals surface area contributed by atoms with Crippen LogP contribution in [-0.4, -0.2) is 18.9 Å². The van der Waals surface area contributed by atoms with Gasteiger partial charge in [-0.05, 0) is 23.3 Å². The Hall–Kier alpha value is -2.16. The zero-order valence-electron chi connectivity index (χ0n) is 10.1. The fraction of sp³-hybridized carbons (Fsp3) is 0.200. The smallest absolute Gasteiger partial charge is 0.320 e. The minimum Gasteiger partial charge on any atom is -0.465 e. The van der Waals surface area contributed by atoms with Crippen molar-refractivity contribution in [3.05, 3.63) is 48.0 Å². The van der Waals surface area contributed by atoms with E-state index in [4.69, 9.17) is 4.74 Å². The Kier molecular flexibility index (Phi) is 3.72. The molecule has 0 N–H and O–H groups in total. The van der Waals surface area contributed by atoms with Crippen molar-refractivity contribution in [1.82, 2.24) is 0 Å². The van der Waals surface area contributed by atoms with Crippen LogP contribution in [0.1, 0.15) is 18.4 Å². The van der Waals surface area contributed by atoms with Gasteiger partial charge in [-0.1, -0.05) is 42.5 Å². The van der Waals surface area contributed by atoms with E-state index in [0.29, 0.717) is 11.8 Å². The topological polar surface area (TPSA) is 43.4 Å². The highest BCUT2D eigenvalue weighted by atomic mass is 16.5. The van der Waals surface area contributed by atoms with Gasteiger partial charge in [0.2, 0.25) is 0 Å². The molecule has 0 radical (unpaired) electrons. The molecule has 3 heteroatoms. The van der Waals surface area contributed by atoms with E-state index in [1.54, 1.807) is 13.0 Å². The maximum absolute atomic E-state index is 11.8. The van der Waals surface area contributed by atoms with Gasteiger partial charge in [0.25, 0.3) is 0 Å². The third-order valence-corrected chi connectivity index (χ3v) is 2.84. The molecule has 0 aromatic heterocycles. The predicted molar refractivity (Wildman–Crippen MR) is 69.4 cm³/mol. The van der Waals surface area contributed by atoms with Crippen molar-refractivity contribution in [2.75, 3.05) is 6.61 Å². The van der Waals surface area contributed by atoms with Gasteiger partial charge in [0.05, 0.1) is 6.61 Å². The van der Waals surface area contributed by atoms with Crippen molar-refractivity contribution in [3.8, 4) is 0 Å². The first-order valence-electron chi connectivity index (χ1n) is 5.87. The molecule has 2 aromatic rings. The quantitative estimate of drug-likeness (QED) is 0.470. The van der Waals surface area contributed by atoms with E-state index in [1.807, 2.05) is 36.4 Å². The van der Waals surface area contributed by atoms with E-state index in [-0.39, 0.29) is 6.61 Å². The number of hydrogen-bond donors (Lipinski definition) is 0. The monoisotopic (exact) mass is 242 g/mol. The lowest BCUT2D eigenvalue weighted by atomic mass is 9.94. The van der Waals surface area contributed by atoms with Crippen LogP contribution in [0.3, 0.4) is 0 Å². The Labute approximate surface area is 105 Å². The zero-order chi connectivity index (χ0) is 13.0. The molecule has 0 spiro atoms. The Balaban J connectivity index is 2.51. The summed E-state index contributed by atoms with van der Waals surface area (Å²) in [6.45, 7) is 2.00. The third-order valence-electron chi connectivity index (χ3n) is 2.84. The highest BCUT2D eigenvalue weighted by Crippen LogP contribution is 2.25. The molecule has 0 aliphatic rings. The Bertz CT molecular complexity index is 569. The second-order valence-electron chi connectivity index (χ2n) is 3.93. The van der Waals surface area contributed by atoms with Crippen LogP contribution in [0, 0.1) is 0 Å². The number of fused-ring (bicyclic) bond motifs is 1. The van der Waals surface area contributed by atoms with Crippen LogP contribution >= 0.6 is 0 Å². The summed E-state index contributed by atoms with van der Waals surface area (Å²) >= 11 is 0. The van der Waals surface area contributed by atoms with Crippen molar-refractivity contribution in [2.24, 2.45) is 0 Å². The standard InChI is InChI=1S/C15H14O3/c1-2-18-15(17)14(10-16)13-9-5-7-11-6-3-4-8-12(11)13/h3-10,14H,2H2,1H3. The normalized spacial score (nSPS) is 12.1. The van der Waals surface area contributed by atoms with Crippen molar-refractivity contribution >= 4 is 23.0 Å². The summed E-state index contributed by atoms with van der Waals surface area (Å²) in [7, 11) is 0. The first-order valence-corrected chi connectivity index (χ1v) is 5.87. The summed E-state index contributed by atoms with van der Waals surface area (Å²) in [6.07, 6.45) is 0.639. The molecular formula is C15H14O3. The number of ether oxygens (including phenoxy) is 1. The van der Waals surface area contributed by atoms with Gasteiger partial charge in [-0.3, -0.25) is 4.79 Å². The van der Waals surface area contributed by atoms with Crippen molar-refractivity contribution in [1.29, 1.82) is 0 Å². The Morgan fingerprint density at radius 3 is 2.67 bits per heavy atom. The molecule has 0 heterocycles. The third kappa shape index (κ3) is 2.25. The summed E-state index contributed by atoms with van der Waals surface area (Å²) < 4.78 is 4.93. The summed E-state index contributed by atoms with van der Waals surface area (Å²) in [5, 5.41) is 1.91. The van der Waals surface area contributed by atoms with Gasteiger partial charge in [-0.15, -0.1) is 0 Å². The summed E-state index contributed by atoms with van der Waals surface area (Å²) in [5.41, 5.74) is 0.696. The SMILES string of the molecule is CCOC(=O)C(C=O)c1cccc2ccccc12. The van der Waals surface area contributed by atoms with Gasteiger partial charge < -0.3 is 9.53 Å². The molecule has 0 amide bonds. The van der Waals surface area contributed by atoms with Gasteiger partial charge in [0.15, 0.2) is 0 Å². The molecule has 1 atom stereocenters. The summed E-state index contributed by atoms with van der Waals surface area (Å²) in [6, 6.07) is 13.2. The fourth-order valence-electron chi connectivity index (χ4n) is 2.01. The van der Waals surface area contributed by atoms with Gasteiger partial charge in [-0.25, -0.2) is 0 Å². The second kappa shape index (κ2) is 5.45. The molecule has 3 nitrogen and oxygen atoms in total. The van der Waals surface area contributed by atoms with E-state index >= 15 is 0 Å². The molecule has 0 bridgehead atoms. The lowest BCUT2D eigenvalue weighted by molar-refractivity contribution is -0.145. The van der Waals surface area contributed by atoms with Gasteiger partial charge in [-0.2, -0.15) is 0 Å². The van der Waals surface area contributed by atoms with Crippen molar-refractivity contribution < 1.29 is 14.3 Å². The second-order valence-corrected chi connectivity index (χ2v) is 3.93. The van der Waals surface area contributed by atoms with Crippen molar-refractivity contribution in [2.45, 2.75) is 12.8 Å². The number of carbonyl (C=O) groups excluding carboxylic acids is 2. The maximum atomic E-state index is 11.8. The van der Waals surface area contributed by atoms with Gasteiger partial charge in [0.1, 0.15) is 12.2 Å². The average molecular weight is 242 g/mol. The molecule has 92 valence electrons. The van der Waals surface area contributed by atoms with Gasteiger partial charge >= 0.3 is 5.97 Å². The van der Waals surface area contributed by atoms with Crippen LogP contribution in [0.2, 0.25) is 0 Å². The van der Waals surface area contributed by atoms with Gasteiger partial charge in [0, 0.05) is 0 Å². The molecule has 0 aliphatic heterocycles. The van der Waals surface area contributed by atoms with Crippen LogP contribution in [0.5, 0.6) is 0 Å². The molecule has 1 unspecified atom stereocenters. The van der Waals surface area contributed by atoms with Crippen LogP contribution < -0.4 is 0 Å². The lowest BCUT2D eigenvalue weighted by Crippen LogP contribution is -2.17.